The van der Waals surface area contributed by atoms with Gasteiger partial charge < -0.3 is 23.7 Å². The minimum atomic E-state index is -0.701. The van der Waals surface area contributed by atoms with Crippen molar-refractivity contribution in [3.8, 4) is 28.4 Å². The number of methoxy groups -OCH3 is 1. The lowest BCUT2D eigenvalue weighted by Crippen LogP contribution is -2.29. The number of benzene rings is 5. The average Bonchev–Trinajstić information content (AvgIpc) is 3.43. The van der Waals surface area contributed by atoms with Crippen LogP contribution in [0.4, 0.5) is 0 Å². The van der Waals surface area contributed by atoms with E-state index in [0.717, 1.165) is 56.5 Å². The van der Waals surface area contributed by atoms with Crippen LogP contribution in [0.2, 0.25) is 0 Å². The molecule has 0 atom stereocenters. The van der Waals surface area contributed by atoms with E-state index in [4.69, 9.17) is 23.7 Å². The zero-order valence-electron chi connectivity index (χ0n) is 26.1. The highest BCUT2D eigenvalue weighted by Crippen LogP contribution is 2.58. The first kappa shape index (κ1) is 31.2. The Morgan fingerprint density at radius 1 is 0.638 bits per heavy atom. The van der Waals surface area contributed by atoms with Crippen molar-refractivity contribution in [3.05, 3.63) is 151 Å². The van der Waals surface area contributed by atoms with Gasteiger partial charge in [0.2, 0.25) is 0 Å². The second kappa shape index (κ2) is 13.7. The second-order valence-corrected chi connectivity index (χ2v) is 10.9. The van der Waals surface area contributed by atoms with Gasteiger partial charge in [-0.25, -0.2) is 9.59 Å². The van der Waals surface area contributed by atoms with Crippen LogP contribution < -0.4 is 14.2 Å². The van der Waals surface area contributed by atoms with E-state index < -0.39 is 17.4 Å². The molecule has 7 heteroatoms. The van der Waals surface area contributed by atoms with Crippen LogP contribution in [-0.2, 0) is 24.5 Å². The Hall–Kier alpha value is -5.82. The fourth-order valence-electron chi connectivity index (χ4n) is 6.32. The van der Waals surface area contributed by atoms with E-state index in [1.54, 1.807) is 7.11 Å². The molecule has 236 valence electrons. The molecular formula is C40H34O7. The summed E-state index contributed by atoms with van der Waals surface area (Å²) in [5.74, 6) is 1.12. The van der Waals surface area contributed by atoms with Gasteiger partial charge in [-0.2, -0.15) is 0 Å². The van der Waals surface area contributed by atoms with Crippen LogP contribution >= 0.6 is 0 Å². The highest BCUT2D eigenvalue weighted by atomic mass is 16.6. The quantitative estimate of drug-likeness (QED) is 0.0750. The maximum atomic E-state index is 11.4. The summed E-state index contributed by atoms with van der Waals surface area (Å²) in [5, 5.41) is 2.28. The summed E-state index contributed by atoms with van der Waals surface area (Å²) in [6, 6.07) is 35.2. The van der Waals surface area contributed by atoms with E-state index in [1.165, 1.54) is 5.56 Å². The van der Waals surface area contributed by atoms with Gasteiger partial charge in [-0.1, -0.05) is 79.9 Å². The van der Waals surface area contributed by atoms with Crippen LogP contribution in [0.15, 0.2) is 128 Å². The monoisotopic (exact) mass is 626 g/mol. The van der Waals surface area contributed by atoms with Gasteiger partial charge >= 0.3 is 11.9 Å². The minimum Gasteiger partial charge on any atom is -0.497 e. The predicted octanol–water partition coefficient (Wildman–Crippen LogP) is 7.43. The third-order valence-electron chi connectivity index (χ3n) is 8.33. The van der Waals surface area contributed by atoms with Crippen molar-refractivity contribution in [2.45, 2.75) is 5.41 Å². The van der Waals surface area contributed by atoms with E-state index in [1.807, 2.05) is 30.3 Å². The number of ether oxygens (including phenoxy) is 5. The fourth-order valence-corrected chi connectivity index (χ4v) is 6.32. The summed E-state index contributed by atoms with van der Waals surface area (Å²) < 4.78 is 27.6. The molecule has 0 heterocycles. The molecule has 1 aliphatic carbocycles. The Morgan fingerprint density at radius 2 is 1.19 bits per heavy atom. The largest absolute Gasteiger partial charge is 0.497 e. The minimum absolute atomic E-state index is 0.121. The van der Waals surface area contributed by atoms with Crippen molar-refractivity contribution < 1.29 is 33.3 Å². The molecule has 0 aromatic heterocycles. The number of carbonyl (C=O) groups excluding carboxylic acids is 2. The highest BCUT2D eigenvalue weighted by molar-refractivity contribution is 6.00. The van der Waals surface area contributed by atoms with E-state index in [2.05, 4.69) is 86.0 Å². The first-order valence-electron chi connectivity index (χ1n) is 15.3. The van der Waals surface area contributed by atoms with Gasteiger partial charge in [0.15, 0.2) is 0 Å². The molecule has 0 radical (unpaired) electrons. The van der Waals surface area contributed by atoms with Gasteiger partial charge in [0, 0.05) is 12.2 Å². The number of hydrogen-bond acceptors (Lipinski definition) is 7. The van der Waals surface area contributed by atoms with Crippen LogP contribution in [0.5, 0.6) is 17.2 Å². The molecular weight excluding hydrogens is 592 g/mol. The first-order chi connectivity index (χ1) is 23.0. The molecule has 5 aromatic rings. The van der Waals surface area contributed by atoms with E-state index in [-0.39, 0.29) is 26.4 Å². The summed E-state index contributed by atoms with van der Waals surface area (Å²) >= 11 is 0. The molecule has 0 N–H and O–H groups in total. The molecule has 6 rings (SSSR count). The summed E-state index contributed by atoms with van der Waals surface area (Å²) in [5.41, 5.74) is 5.93. The van der Waals surface area contributed by atoms with Crippen LogP contribution in [0, 0.1) is 0 Å². The number of fused-ring (bicyclic) bond motifs is 5. The molecule has 5 aromatic carbocycles. The van der Waals surface area contributed by atoms with Crippen LogP contribution in [0.25, 0.3) is 21.9 Å². The zero-order valence-corrected chi connectivity index (χ0v) is 26.1. The smallest absolute Gasteiger partial charge is 0.330 e. The fraction of sp³-hybridized carbons (Fsp3) is 0.150. The van der Waals surface area contributed by atoms with Crippen molar-refractivity contribution in [3.63, 3.8) is 0 Å². The number of carbonyl (C=O) groups is 2. The average molecular weight is 627 g/mol. The molecule has 0 bridgehead atoms. The SMILES string of the molecule is C=CC(=O)OCCOc1ccc(C2(c3ccc(OCCOC(=O)C=C)cc3)c3ccc(OC)cc3-c3ccc4ccccc4c32)cc1. The Bertz CT molecular complexity index is 1870. The normalized spacial score (nSPS) is 12.4. The Labute approximate surface area is 273 Å². The molecule has 0 spiro atoms. The van der Waals surface area contributed by atoms with Gasteiger partial charge in [0.1, 0.15) is 43.7 Å². The topological polar surface area (TPSA) is 80.3 Å². The Morgan fingerprint density at radius 3 is 1.74 bits per heavy atom. The summed E-state index contributed by atoms with van der Waals surface area (Å²) in [7, 11) is 1.68. The first-order valence-corrected chi connectivity index (χ1v) is 15.3. The lowest BCUT2D eigenvalue weighted by Gasteiger charge is -2.35. The van der Waals surface area contributed by atoms with Crippen molar-refractivity contribution in [1.82, 2.24) is 0 Å². The number of rotatable bonds is 13. The third kappa shape index (κ3) is 5.95. The standard InChI is InChI=1S/C40H34O7/c1-4-37(41)46-24-22-44-30-15-11-28(12-16-30)40(29-13-17-31(18-14-29)45-23-25-47-38(42)5-2)36-21-19-32(43-3)26-35(36)34-20-10-27-8-6-7-9-33(27)39(34)40/h4-21,26H,1-2,22-25H2,3H3. The van der Waals surface area contributed by atoms with Crippen molar-refractivity contribution in [2.24, 2.45) is 0 Å². The summed E-state index contributed by atoms with van der Waals surface area (Å²) in [6.07, 6.45) is 2.26. The van der Waals surface area contributed by atoms with Crippen LogP contribution in [0.1, 0.15) is 22.3 Å². The zero-order chi connectivity index (χ0) is 32.8. The molecule has 1 aliphatic rings. The van der Waals surface area contributed by atoms with Gasteiger partial charge in [0.05, 0.1) is 12.5 Å². The maximum absolute atomic E-state index is 11.4. The summed E-state index contributed by atoms with van der Waals surface area (Å²) in [4.78, 5) is 22.8. The molecule has 0 saturated carbocycles. The van der Waals surface area contributed by atoms with Crippen LogP contribution in [-0.4, -0.2) is 45.5 Å². The molecule has 47 heavy (non-hydrogen) atoms. The molecule has 0 amide bonds. The Kier molecular flexibility index (Phi) is 9.06. The van der Waals surface area contributed by atoms with Crippen molar-refractivity contribution >= 4 is 22.7 Å². The second-order valence-electron chi connectivity index (χ2n) is 10.9. The number of hydrogen-bond donors (Lipinski definition) is 0. The molecule has 0 aliphatic heterocycles. The van der Waals surface area contributed by atoms with Crippen molar-refractivity contribution in [2.75, 3.05) is 33.5 Å². The Balaban J connectivity index is 1.46. The van der Waals surface area contributed by atoms with Crippen molar-refractivity contribution in [1.29, 1.82) is 0 Å². The number of esters is 2. The van der Waals surface area contributed by atoms with Gasteiger partial charge in [-0.3, -0.25) is 0 Å². The van der Waals surface area contributed by atoms with Crippen LogP contribution in [0.3, 0.4) is 0 Å². The molecule has 0 fully saturated rings. The van der Waals surface area contributed by atoms with Gasteiger partial charge in [-0.15, -0.1) is 0 Å². The van der Waals surface area contributed by atoms with Gasteiger partial charge in [0.25, 0.3) is 0 Å². The lowest BCUT2D eigenvalue weighted by atomic mass is 9.66. The van der Waals surface area contributed by atoms with E-state index in [9.17, 15) is 9.59 Å². The highest BCUT2D eigenvalue weighted by Gasteiger charge is 2.47. The van der Waals surface area contributed by atoms with Gasteiger partial charge in [-0.05, 0) is 80.6 Å². The molecule has 0 unspecified atom stereocenters. The van der Waals surface area contributed by atoms with E-state index in [0.29, 0.717) is 11.5 Å². The maximum Gasteiger partial charge on any atom is 0.330 e. The predicted molar refractivity (Wildman–Crippen MR) is 181 cm³/mol. The van der Waals surface area contributed by atoms with E-state index >= 15 is 0 Å². The third-order valence-corrected chi connectivity index (χ3v) is 8.33. The summed E-state index contributed by atoms with van der Waals surface area (Å²) in [6.45, 7) is 7.51. The molecule has 0 saturated heterocycles. The molecule has 7 nitrogen and oxygen atoms in total. The lowest BCUT2D eigenvalue weighted by molar-refractivity contribution is -0.139.